The van der Waals surface area contributed by atoms with E-state index in [0.717, 1.165) is 10.6 Å². The number of halogens is 1. The first-order valence-electron chi connectivity index (χ1n) is 6.83. The molecule has 2 rings (SSSR count). The Hall–Kier alpha value is -1.59. The van der Waals surface area contributed by atoms with Gasteiger partial charge in [-0.25, -0.2) is 4.79 Å². The van der Waals surface area contributed by atoms with Crippen LogP contribution in [0.1, 0.15) is 18.7 Å². The lowest BCUT2D eigenvalue weighted by Crippen LogP contribution is -2.30. The van der Waals surface area contributed by atoms with Gasteiger partial charge < -0.3 is 4.90 Å². The summed E-state index contributed by atoms with van der Waals surface area (Å²) in [6.07, 6.45) is 1.97. The van der Waals surface area contributed by atoms with Gasteiger partial charge in [0.2, 0.25) is 0 Å². The number of aromatic nitrogens is 1. The molecule has 0 saturated heterocycles. The van der Waals surface area contributed by atoms with Crippen LogP contribution in [0.5, 0.6) is 0 Å². The van der Waals surface area contributed by atoms with Crippen LogP contribution in [0.25, 0.3) is 5.69 Å². The second-order valence-corrected chi connectivity index (χ2v) is 6.19. The number of urea groups is 1. The van der Waals surface area contributed by atoms with Crippen molar-refractivity contribution in [1.82, 2.24) is 9.47 Å². The summed E-state index contributed by atoms with van der Waals surface area (Å²) in [5.74, 6) is 0. The zero-order chi connectivity index (χ0) is 15.4. The van der Waals surface area contributed by atoms with Crippen molar-refractivity contribution < 1.29 is 4.79 Å². The summed E-state index contributed by atoms with van der Waals surface area (Å²) in [5.41, 5.74) is 0.940. The zero-order valence-electron chi connectivity index (χ0n) is 12.3. The number of hydrogen-bond donors (Lipinski definition) is 0. The molecule has 0 spiro atoms. The minimum absolute atomic E-state index is 0.204. The monoisotopic (exact) mass is 323 g/mol. The first kappa shape index (κ1) is 15.8. The van der Waals surface area contributed by atoms with Gasteiger partial charge in [0, 0.05) is 34.9 Å². The third-order valence-electron chi connectivity index (χ3n) is 3.10. The molecular formula is C15H18ClN3OS. The van der Waals surface area contributed by atoms with Crippen LogP contribution in [0.2, 0.25) is 5.02 Å². The molecule has 6 heteroatoms. The van der Waals surface area contributed by atoms with Crippen molar-refractivity contribution in [2.75, 3.05) is 13.1 Å². The van der Waals surface area contributed by atoms with Gasteiger partial charge in [0.05, 0.1) is 0 Å². The van der Waals surface area contributed by atoms with Crippen LogP contribution in [0.15, 0.2) is 35.5 Å². The molecule has 0 atom stereocenters. The van der Waals surface area contributed by atoms with Crippen LogP contribution in [-0.4, -0.2) is 28.6 Å². The summed E-state index contributed by atoms with van der Waals surface area (Å²) in [6.45, 7) is 7.21. The van der Waals surface area contributed by atoms with E-state index in [1.165, 1.54) is 11.3 Å². The maximum absolute atomic E-state index is 12.2. The van der Waals surface area contributed by atoms with E-state index in [4.69, 9.17) is 11.6 Å². The minimum atomic E-state index is -0.204. The summed E-state index contributed by atoms with van der Waals surface area (Å²) >= 11 is 7.41. The molecule has 0 aliphatic rings. The molecule has 0 bridgehead atoms. The average Bonchev–Trinajstić information content (AvgIpc) is 2.81. The molecule has 112 valence electrons. The average molecular weight is 324 g/mol. The number of nitrogens with zero attached hydrogens (tertiary/aromatic N) is 3. The van der Waals surface area contributed by atoms with Crippen molar-refractivity contribution in [3.05, 3.63) is 45.2 Å². The molecule has 0 saturated carbocycles. The second-order valence-electron chi connectivity index (χ2n) is 4.54. The smallest absolute Gasteiger partial charge is 0.323 e. The minimum Gasteiger partial charge on any atom is -0.323 e. The normalized spacial score (nSPS) is 11.7. The van der Waals surface area contributed by atoms with Crippen LogP contribution < -0.4 is 4.80 Å². The van der Waals surface area contributed by atoms with Crippen LogP contribution in [0, 0.1) is 6.92 Å². The number of hydrogen-bond acceptors (Lipinski definition) is 2. The lowest BCUT2D eigenvalue weighted by molar-refractivity contribution is 0.212. The molecule has 1 aromatic carbocycles. The van der Waals surface area contributed by atoms with E-state index < -0.39 is 0 Å². The third-order valence-corrected chi connectivity index (χ3v) is 4.25. The standard InChI is InChI=1S/C15H18ClN3OS/c1-4-18(5-2)14(20)17-15-19(10-11(3)21-15)13-8-6-12(16)7-9-13/h6-10H,4-5H2,1-3H3. The van der Waals surface area contributed by atoms with E-state index >= 15 is 0 Å². The van der Waals surface area contributed by atoms with Gasteiger partial charge in [0.25, 0.3) is 0 Å². The fraction of sp³-hybridized carbons (Fsp3) is 0.333. The Kier molecular flexibility index (Phi) is 5.20. The quantitative estimate of drug-likeness (QED) is 0.845. The highest BCUT2D eigenvalue weighted by Crippen LogP contribution is 2.14. The van der Waals surface area contributed by atoms with E-state index in [0.29, 0.717) is 22.9 Å². The molecule has 0 unspecified atom stereocenters. The molecule has 2 aromatic rings. The lowest BCUT2D eigenvalue weighted by Gasteiger charge is -2.14. The molecule has 1 aromatic heterocycles. The Bertz CT molecular complexity index is 684. The van der Waals surface area contributed by atoms with E-state index in [9.17, 15) is 4.79 Å². The second kappa shape index (κ2) is 6.91. The van der Waals surface area contributed by atoms with Crippen molar-refractivity contribution in [3.8, 4) is 5.69 Å². The maximum atomic E-state index is 12.2. The summed E-state index contributed by atoms with van der Waals surface area (Å²) in [5, 5.41) is 0.684. The van der Waals surface area contributed by atoms with Gasteiger partial charge in [0.1, 0.15) is 0 Å². The topological polar surface area (TPSA) is 37.6 Å². The predicted octanol–water partition coefficient (Wildman–Crippen LogP) is 3.86. The molecule has 4 nitrogen and oxygen atoms in total. The van der Waals surface area contributed by atoms with Crippen LogP contribution in [-0.2, 0) is 0 Å². The Morgan fingerprint density at radius 1 is 1.29 bits per heavy atom. The van der Waals surface area contributed by atoms with E-state index in [1.54, 1.807) is 4.90 Å². The molecule has 2 amide bonds. The highest BCUT2D eigenvalue weighted by Gasteiger charge is 2.09. The SMILES string of the molecule is CCN(CC)C(=O)N=c1sc(C)cn1-c1ccc(Cl)cc1. The number of rotatable bonds is 3. The van der Waals surface area contributed by atoms with Crippen molar-refractivity contribution in [1.29, 1.82) is 0 Å². The Morgan fingerprint density at radius 2 is 1.90 bits per heavy atom. The van der Waals surface area contributed by atoms with Crippen LogP contribution in [0.3, 0.4) is 0 Å². The Morgan fingerprint density at radius 3 is 2.48 bits per heavy atom. The highest BCUT2D eigenvalue weighted by atomic mass is 35.5. The summed E-state index contributed by atoms with van der Waals surface area (Å²) in [7, 11) is 0. The third kappa shape index (κ3) is 3.74. The van der Waals surface area contributed by atoms with E-state index in [2.05, 4.69) is 4.99 Å². The number of carbonyl (C=O) groups is 1. The van der Waals surface area contributed by atoms with Gasteiger partial charge in [-0.2, -0.15) is 4.99 Å². The van der Waals surface area contributed by atoms with Crippen molar-refractivity contribution in [3.63, 3.8) is 0 Å². The number of thiazole rings is 1. The largest absolute Gasteiger partial charge is 0.346 e. The summed E-state index contributed by atoms with van der Waals surface area (Å²) in [6, 6.07) is 7.27. The fourth-order valence-corrected chi connectivity index (χ4v) is 2.92. The molecular weight excluding hydrogens is 306 g/mol. The molecule has 0 fully saturated rings. The number of aryl methyl sites for hydroxylation is 1. The van der Waals surface area contributed by atoms with Crippen molar-refractivity contribution >= 4 is 29.0 Å². The molecule has 0 N–H and O–H groups in total. The van der Waals surface area contributed by atoms with Gasteiger partial charge in [-0.1, -0.05) is 11.6 Å². The predicted molar refractivity (Wildman–Crippen MR) is 87.3 cm³/mol. The van der Waals surface area contributed by atoms with Gasteiger partial charge >= 0.3 is 6.03 Å². The molecule has 1 heterocycles. The van der Waals surface area contributed by atoms with Gasteiger partial charge in [-0.15, -0.1) is 11.3 Å². The van der Waals surface area contributed by atoms with Crippen molar-refractivity contribution in [2.24, 2.45) is 4.99 Å². The van der Waals surface area contributed by atoms with E-state index in [1.807, 2.05) is 55.8 Å². The van der Waals surface area contributed by atoms with Crippen LogP contribution >= 0.6 is 22.9 Å². The van der Waals surface area contributed by atoms with Gasteiger partial charge in [-0.3, -0.25) is 4.57 Å². The zero-order valence-corrected chi connectivity index (χ0v) is 13.9. The first-order chi connectivity index (χ1) is 10.0. The molecule has 0 aliphatic carbocycles. The first-order valence-corrected chi connectivity index (χ1v) is 8.03. The summed E-state index contributed by atoms with van der Waals surface area (Å²) < 4.78 is 1.91. The lowest BCUT2D eigenvalue weighted by atomic mass is 10.3. The van der Waals surface area contributed by atoms with Crippen molar-refractivity contribution in [2.45, 2.75) is 20.8 Å². The Balaban J connectivity index is 2.46. The van der Waals surface area contributed by atoms with Gasteiger partial charge in [0.15, 0.2) is 4.80 Å². The fourth-order valence-electron chi connectivity index (χ4n) is 1.97. The highest BCUT2D eigenvalue weighted by molar-refractivity contribution is 7.09. The summed E-state index contributed by atoms with van der Waals surface area (Å²) in [4.78, 5) is 19.9. The number of benzene rings is 1. The Labute approximate surface area is 133 Å². The number of amides is 2. The number of carbonyl (C=O) groups excluding carboxylic acids is 1. The van der Waals surface area contributed by atoms with Crippen LogP contribution in [0.4, 0.5) is 4.79 Å². The van der Waals surface area contributed by atoms with Gasteiger partial charge in [-0.05, 0) is 45.0 Å². The molecule has 21 heavy (non-hydrogen) atoms. The molecule has 0 radical (unpaired) electrons. The molecule has 0 aliphatic heterocycles. The maximum Gasteiger partial charge on any atom is 0.346 e. The van der Waals surface area contributed by atoms with E-state index in [-0.39, 0.29) is 6.03 Å².